The second kappa shape index (κ2) is 6.08. The van der Waals surface area contributed by atoms with E-state index in [2.05, 4.69) is 19.9 Å². The molecule has 0 aromatic carbocycles. The van der Waals surface area contributed by atoms with E-state index in [0.717, 1.165) is 32.1 Å². The summed E-state index contributed by atoms with van der Waals surface area (Å²) in [5.41, 5.74) is 0.248. The molecule has 0 bridgehead atoms. The first-order chi connectivity index (χ1) is 11.9. The van der Waals surface area contributed by atoms with E-state index < -0.39 is 0 Å². The molecule has 4 rings (SSSR count). The number of carbonyl (C=O) groups is 1. The number of hydrogen-bond donors (Lipinski definition) is 1. The van der Waals surface area contributed by atoms with E-state index in [1.807, 2.05) is 0 Å². The molecule has 0 amide bonds. The minimum absolute atomic E-state index is 0.116. The van der Waals surface area contributed by atoms with Gasteiger partial charge in [-0.3, -0.25) is 4.79 Å². The molecule has 0 spiro atoms. The molecule has 1 N–H and O–H groups in total. The van der Waals surface area contributed by atoms with E-state index in [4.69, 9.17) is 5.26 Å². The van der Waals surface area contributed by atoms with E-state index in [1.165, 1.54) is 25.7 Å². The Morgan fingerprint density at radius 3 is 2.72 bits per heavy atom. The van der Waals surface area contributed by atoms with Gasteiger partial charge in [0.1, 0.15) is 5.78 Å². The number of fused-ring (bicyclic) bond motifs is 5. The molecule has 0 unspecified atom stereocenters. The van der Waals surface area contributed by atoms with Crippen molar-refractivity contribution in [2.45, 2.75) is 84.2 Å². The molecule has 4 aliphatic carbocycles. The molecule has 0 heterocycles. The highest BCUT2D eigenvalue weighted by Gasteiger charge is 2.62. The first-order valence-electron chi connectivity index (χ1n) is 10.5. The van der Waals surface area contributed by atoms with Crippen LogP contribution in [0.25, 0.3) is 0 Å². The molecular weight excluding hydrogens is 310 g/mol. The van der Waals surface area contributed by atoms with Gasteiger partial charge in [-0.2, -0.15) is 5.26 Å². The maximum absolute atomic E-state index is 13.4. The second-order valence-electron chi connectivity index (χ2n) is 10.1. The molecule has 25 heavy (non-hydrogen) atoms. The number of carbonyl (C=O) groups excluding carboxylic acids is 1. The molecule has 4 aliphatic rings. The van der Waals surface area contributed by atoms with Crippen LogP contribution in [0.15, 0.2) is 0 Å². The molecule has 8 atom stereocenters. The Morgan fingerprint density at radius 2 is 1.96 bits per heavy atom. The van der Waals surface area contributed by atoms with Gasteiger partial charge in [0.2, 0.25) is 0 Å². The van der Waals surface area contributed by atoms with Crippen molar-refractivity contribution in [2.75, 3.05) is 0 Å². The van der Waals surface area contributed by atoms with E-state index in [9.17, 15) is 9.90 Å². The third-order valence-electron chi connectivity index (χ3n) is 9.12. The monoisotopic (exact) mass is 343 g/mol. The van der Waals surface area contributed by atoms with Gasteiger partial charge >= 0.3 is 0 Å². The zero-order valence-electron chi connectivity index (χ0n) is 15.8. The van der Waals surface area contributed by atoms with E-state index >= 15 is 0 Å². The number of nitrogens with zero attached hydrogens (tertiary/aromatic N) is 1. The standard InChI is InChI=1S/C22H33NO2/c1-21-10-9-16(24)12-15(21)5-7-17-18-8-6-14(4-3-11-23)22(18,2)13-19(25)20(17)21/h14-18,20,24H,3-10,12-13H2,1-2H3/t14-,15-,16+,17-,18-,20+,21-,22+/m0/s1. The Kier molecular flexibility index (Phi) is 4.27. The van der Waals surface area contributed by atoms with Gasteiger partial charge in [-0.25, -0.2) is 0 Å². The molecule has 4 fully saturated rings. The Bertz CT molecular complexity index is 595. The van der Waals surface area contributed by atoms with Crippen molar-refractivity contribution < 1.29 is 9.90 Å². The van der Waals surface area contributed by atoms with Crippen LogP contribution < -0.4 is 0 Å². The highest BCUT2D eigenvalue weighted by molar-refractivity contribution is 5.84. The van der Waals surface area contributed by atoms with Crippen molar-refractivity contribution in [2.24, 2.45) is 40.4 Å². The first-order valence-corrected chi connectivity index (χ1v) is 10.5. The van der Waals surface area contributed by atoms with Crippen LogP contribution in [0, 0.1) is 51.8 Å². The molecule has 138 valence electrons. The lowest BCUT2D eigenvalue weighted by atomic mass is 9.44. The third-order valence-corrected chi connectivity index (χ3v) is 9.12. The molecule has 3 nitrogen and oxygen atoms in total. The summed E-state index contributed by atoms with van der Waals surface area (Å²) < 4.78 is 0. The highest BCUT2D eigenvalue weighted by Crippen LogP contribution is 2.66. The van der Waals surface area contributed by atoms with Crippen LogP contribution in [0.1, 0.15) is 78.1 Å². The summed E-state index contributed by atoms with van der Waals surface area (Å²) in [6, 6.07) is 2.31. The molecule has 4 saturated carbocycles. The maximum Gasteiger partial charge on any atom is 0.137 e. The topological polar surface area (TPSA) is 61.1 Å². The van der Waals surface area contributed by atoms with Crippen LogP contribution in [-0.4, -0.2) is 17.0 Å². The van der Waals surface area contributed by atoms with Crippen molar-refractivity contribution in [1.29, 1.82) is 5.26 Å². The summed E-state index contributed by atoms with van der Waals surface area (Å²) in [5.74, 6) is 3.04. The van der Waals surface area contributed by atoms with Crippen molar-refractivity contribution in [3.8, 4) is 6.07 Å². The zero-order valence-corrected chi connectivity index (χ0v) is 15.8. The van der Waals surface area contributed by atoms with Gasteiger partial charge < -0.3 is 5.11 Å². The predicted molar refractivity (Wildman–Crippen MR) is 96.5 cm³/mol. The molecule has 0 aromatic heterocycles. The molecular formula is C22H33NO2. The largest absolute Gasteiger partial charge is 0.393 e. The van der Waals surface area contributed by atoms with Crippen molar-refractivity contribution in [3.63, 3.8) is 0 Å². The van der Waals surface area contributed by atoms with E-state index in [0.29, 0.717) is 35.9 Å². The minimum atomic E-state index is -0.152. The number of hydrogen-bond acceptors (Lipinski definition) is 3. The summed E-state index contributed by atoms with van der Waals surface area (Å²) in [7, 11) is 0. The number of aliphatic hydroxyl groups excluding tert-OH is 1. The SMILES string of the molecule is C[C@]12CC[C@@H](O)C[C@@H]1CC[C@H]1[C@@H]3CC[C@H](CCC#N)[C@@]3(C)CC(=O)[C@@H]12. The van der Waals surface area contributed by atoms with Gasteiger partial charge in [-0.15, -0.1) is 0 Å². The van der Waals surface area contributed by atoms with Crippen LogP contribution in [0.4, 0.5) is 0 Å². The van der Waals surface area contributed by atoms with E-state index in [1.54, 1.807) is 0 Å². The fraction of sp³-hybridized carbons (Fsp3) is 0.909. The normalized spacial score (nSPS) is 52.0. The number of nitriles is 1. The fourth-order valence-corrected chi connectivity index (χ4v) is 7.86. The van der Waals surface area contributed by atoms with Gasteiger partial charge in [0.15, 0.2) is 0 Å². The van der Waals surface area contributed by atoms with Crippen molar-refractivity contribution in [1.82, 2.24) is 0 Å². The molecule has 3 heteroatoms. The lowest BCUT2D eigenvalue weighted by Gasteiger charge is -2.60. The average Bonchev–Trinajstić information content (AvgIpc) is 2.89. The summed E-state index contributed by atoms with van der Waals surface area (Å²) in [5, 5.41) is 19.1. The Hall–Kier alpha value is -0.880. The van der Waals surface area contributed by atoms with Crippen LogP contribution in [0.3, 0.4) is 0 Å². The maximum atomic E-state index is 13.4. The first kappa shape index (κ1) is 17.5. The van der Waals surface area contributed by atoms with Gasteiger partial charge in [0.25, 0.3) is 0 Å². The average molecular weight is 344 g/mol. The predicted octanol–water partition coefficient (Wildman–Crippen LogP) is 4.49. The van der Waals surface area contributed by atoms with Crippen LogP contribution in [0.2, 0.25) is 0 Å². The lowest BCUT2D eigenvalue weighted by Crippen LogP contribution is -2.57. The molecule has 0 saturated heterocycles. The lowest BCUT2D eigenvalue weighted by molar-refractivity contribution is -0.161. The van der Waals surface area contributed by atoms with E-state index in [-0.39, 0.29) is 22.9 Å². The summed E-state index contributed by atoms with van der Waals surface area (Å²) in [6.07, 6.45) is 9.81. The zero-order chi connectivity index (χ0) is 17.8. The third kappa shape index (κ3) is 2.51. The van der Waals surface area contributed by atoms with Gasteiger partial charge in [-0.1, -0.05) is 13.8 Å². The summed E-state index contributed by atoms with van der Waals surface area (Å²) >= 11 is 0. The Morgan fingerprint density at radius 1 is 1.16 bits per heavy atom. The Labute approximate surface area is 152 Å². The van der Waals surface area contributed by atoms with Gasteiger partial charge in [-0.05, 0) is 85.9 Å². The summed E-state index contributed by atoms with van der Waals surface area (Å²) in [6.45, 7) is 4.73. The number of ketones is 1. The van der Waals surface area contributed by atoms with Crippen LogP contribution >= 0.6 is 0 Å². The van der Waals surface area contributed by atoms with Crippen molar-refractivity contribution >= 4 is 5.78 Å². The summed E-state index contributed by atoms with van der Waals surface area (Å²) in [4.78, 5) is 13.4. The molecule has 0 radical (unpaired) electrons. The minimum Gasteiger partial charge on any atom is -0.393 e. The second-order valence-corrected chi connectivity index (χ2v) is 10.1. The van der Waals surface area contributed by atoms with Crippen LogP contribution in [0.5, 0.6) is 0 Å². The molecule has 0 aromatic rings. The van der Waals surface area contributed by atoms with Crippen LogP contribution in [-0.2, 0) is 4.79 Å². The smallest absolute Gasteiger partial charge is 0.137 e. The number of rotatable bonds is 2. The highest BCUT2D eigenvalue weighted by atomic mass is 16.3. The van der Waals surface area contributed by atoms with Gasteiger partial charge in [0.05, 0.1) is 12.2 Å². The Balaban J connectivity index is 1.62. The van der Waals surface area contributed by atoms with Gasteiger partial charge in [0, 0.05) is 18.8 Å². The fourth-order valence-electron chi connectivity index (χ4n) is 7.86. The quantitative estimate of drug-likeness (QED) is 0.803. The number of Topliss-reactive ketones (excluding diaryl/α,β-unsaturated/α-hetero) is 1. The molecule has 0 aliphatic heterocycles. The number of aliphatic hydroxyl groups is 1. The van der Waals surface area contributed by atoms with Crippen molar-refractivity contribution in [3.05, 3.63) is 0 Å².